The van der Waals surface area contributed by atoms with Gasteiger partial charge in [-0.25, -0.2) is 9.07 Å². The van der Waals surface area contributed by atoms with Gasteiger partial charge in [0.05, 0.1) is 23.9 Å². The van der Waals surface area contributed by atoms with Gasteiger partial charge in [-0.1, -0.05) is 6.42 Å². The highest BCUT2D eigenvalue weighted by atomic mass is 19.1. The van der Waals surface area contributed by atoms with E-state index in [2.05, 4.69) is 10.4 Å². The predicted molar refractivity (Wildman–Crippen MR) is 93.1 cm³/mol. The van der Waals surface area contributed by atoms with Gasteiger partial charge in [0.1, 0.15) is 5.82 Å². The molecule has 25 heavy (non-hydrogen) atoms. The lowest BCUT2D eigenvalue weighted by Crippen LogP contribution is -2.33. The standard InChI is InChI=1S/C19H24FN3O2/c1-12-17(10-19(25)21-11-14-4-3-5-18(14)24)13(2)23(22-12)16-8-6-15(20)7-9-16/h6-9,14,18,24H,3-5,10-11H2,1-2H3,(H,21,25). The second-order valence-electron chi connectivity index (χ2n) is 6.78. The van der Waals surface area contributed by atoms with E-state index in [1.165, 1.54) is 12.1 Å². The first kappa shape index (κ1) is 17.6. The van der Waals surface area contributed by atoms with Crippen molar-refractivity contribution in [1.29, 1.82) is 0 Å². The van der Waals surface area contributed by atoms with E-state index in [9.17, 15) is 14.3 Å². The fourth-order valence-electron chi connectivity index (χ4n) is 3.49. The van der Waals surface area contributed by atoms with Crippen LogP contribution in [-0.4, -0.2) is 33.4 Å². The first-order valence-electron chi connectivity index (χ1n) is 8.71. The molecule has 1 aromatic carbocycles. The highest BCUT2D eigenvalue weighted by Gasteiger charge is 2.25. The largest absolute Gasteiger partial charge is 0.393 e. The van der Waals surface area contributed by atoms with Gasteiger partial charge in [-0.3, -0.25) is 4.79 Å². The van der Waals surface area contributed by atoms with Gasteiger partial charge in [0.25, 0.3) is 0 Å². The van der Waals surface area contributed by atoms with Gasteiger partial charge in [-0.15, -0.1) is 0 Å². The molecular weight excluding hydrogens is 321 g/mol. The molecule has 6 heteroatoms. The van der Waals surface area contributed by atoms with Crippen LogP contribution in [0.5, 0.6) is 0 Å². The number of aryl methyl sites for hydroxylation is 1. The Morgan fingerprint density at radius 3 is 2.68 bits per heavy atom. The summed E-state index contributed by atoms with van der Waals surface area (Å²) in [6, 6.07) is 6.12. The highest BCUT2D eigenvalue weighted by molar-refractivity contribution is 5.79. The van der Waals surface area contributed by atoms with Crippen molar-refractivity contribution in [3.8, 4) is 5.69 Å². The fraction of sp³-hybridized carbons (Fsp3) is 0.474. The molecule has 2 aromatic rings. The minimum Gasteiger partial charge on any atom is -0.393 e. The maximum atomic E-state index is 13.1. The molecule has 2 N–H and O–H groups in total. The summed E-state index contributed by atoms with van der Waals surface area (Å²) in [7, 11) is 0. The van der Waals surface area contributed by atoms with E-state index in [4.69, 9.17) is 0 Å². The molecule has 1 aliphatic carbocycles. The monoisotopic (exact) mass is 345 g/mol. The highest BCUT2D eigenvalue weighted by Crippen LogP contribution is 2.24. The molecule has 0 spiro atoms. The zero-order valence-electron chi connectivity index (χ0n) is 14.6. The molecule has 1 fully saturated rings. The molecule has 5 nitrogen and oxygen atoms in total. The molecule has 1 aromatic heterocycles. The zero-order chi connectivity index (χ0) is 18.0. The van der Waals surface area contributed by atoms with Crippen LogP contribution in [0.25, 0.3) is 5.69 Å². The topological polar surface area (TPSA) is 67.2 Å². The summed E-state index contributed by atoms with van der Waals surface area (Å²) in [6.45, 7) is 4.30. The SMILES string of the molecule is Cc1nn(-c2ccc(F)cc2)c(C)c1CC(=O)NCC1CCCC1O. The second kappa shape index (κ2) is 7.35. The van der Waals surface area contributed by atoms with Gasteiger partial charge in [0, 0.05) is 23.7 Å². The zero-order valence-corrected chi connectivity index (χ0v) is 14.6. The fourth-order valence-corrected chi connectivity index (χ4v) is 3.49. The van der Waals surface area contributed by atoms with Crippen molar-refractivity contribution >= 4 is 5.91 Å². The lowest BCUT2D eigenvalue weighted by molar-refractivity contribution is -0.120. The maximum Gasteiger partial charge on any atom is 0.224 e. The van der Waals surface area contributed by atoms with Crippen molar-refractivity contribution in [2.45, 2.75) is 45.6 Å². The molecule has 1 heterocycles. The molecule has 0 saturated heterocycles. The van der Waals surface area contributed by atoms with Crippen molar-refractivity contribution in [3.05, 3.63) is 47.0 Å². The lowest BCUT2D eigenvalue weighted by atomic mass is 10.1. The van der Waals surface area contributed by atoms with Gasteiger partial charge in [-0.05, 0) is 51.0 Å². The van der Waals surface area contributed by atoms with Gasteiger partial charge >= 0.3 is 0 Å². The molecule has 1 saturated carbocycles. The number of hydrogen-bond acceptors (Lipinski definition) is 3. The minimum absolute atomic E-state index is 0.0658. The van der Waals surface area contributed by atoms with Crippen molar-refractivity contribution in [2.75, 3.05) is 6.54 Å². The number of aromatic nitrogens is 2. The summed E-state index contributed by atoms with van der Waals surface area (Å²) in [5.41, 5.74) is 3.31. The van der Waals surface area contributed by atoms with E-state index in [-0.39, 0.29) is 30.2 Å². The average molecular weight is 345 g/mol. The summed E-state index contributed by atoms with van der Waals surface area (Å²) in [5, 5.41) is 17.3. The van der Waals surface area contributed by atoms with Crippen LogP contribution in [0.2, 0.25) is 0 Å². The van der Waals surface area contributed by atoms with Crippen LogP contribution >= 0.6 is 0 Å². The van der Waals surface area contributed by atoms with Gasteiger partial charge in [0.2, 0.25) is 5.91 Å². The van der Waals surface area contributed by atoms with E-state index in [1.807, 2.05) is 13.8 Å². The summed E-state index contributed by atoms with van der Waals surface area (Å²) in [6.07, 6.45) is 2.75. The number of nitrogens with zero attached hydrogens (tertiary/aromatic N) is 2. The Morgan fingerprint density at radius 2 is 2.04 bits per heavy atom. The second-order valence-corrected chi connectivity index (χ2v) is 6.78. The molecule has 3 rings (SSSR count). The van der Waals surface area contributed by atoms with E-state index < -0.39 is 0 Å². The Labute approximate surface area is 146 Å². The number of amides is 1. The third kappa shape index (κ3) is 3.90. The quantitative estimate of drug-likeness (QED) is 0.875. The van der Waals surface area contributed by atoms with E-state index in [0.717, 1.165) is 41.9 Å². The molecule has 134 valence electrons. The number of aliphatic hydroxyl groups excluding tert-OH is 1. The summed E-state index contributed by atoms with van der Waals surface area (Å²) in [4.78, 5) is 12.3. The number of benzene rings is 1. The number of aliphatic hydroxyl groups is 1. The number of carbonyl (C=O) groups excluding carboxylic acids is 1. The van der Waals surface area contributed by atoms with Crippen LogP contribution in [0.4, 0.5) is 4.39 Å². The third-order valence-electron chi connectivity index (χ3n) is 5.03. The summed E-state index contributed by atoms with van der Waals surface area (Å²) < 4.78 is 14.8. The van der Waals surface area contributed by atoms with Gasteiger partial charge < -0.3 is 10.4 Å². The number of hydrogen-bond donors (Lipinski definition) is 2. The van der Waals surface area contributed by atoms with Crippen LogP contribution in [0.15, 0.2) is 24.3 Å². The van der Waals surface area contributed by atoms with Crippen LogP contribution in [0, 0.1) is 25.6 Å². The molecular formula is C19H24FN3O2. The Morgan fingerprint density at radius 1 is 1.32 bits per heavy atom. The first-order chi connectivity index (χ1) is 12.0. The maximum absolute atomic E-state index is 13.1. The van der Waals surface area contributed by atoms with Crippen molar-refractivity contribution < 1.29 is 14.3 Å². The predicted octanol–water partition coefficient (Wildman–Crippen LogP) is 2.45. The number of nitrogens with one attached hydrogen (secondary N) is 1. The number of halogens is 1. The lowest BCUT2D eigenvalue weighted by Gasteiger charge is -2.15. The summed E-state index contributed by atoms with van der Waals surface area (Å²) in [5.74, 6) is -0.198. The van der Waals surface area contributed by atoms with Gasteiger partial charge in [-0.2, -0.15) is 5.10 Å². The third-order valence-corrected chi connectivity index (χ3v) is 5.03. The molecule has 0 aliphatic heterocycles. The Bertz CT molecular complexity index is 755. The smallest absolute Gasteiger partial charge is 0.224 e. The molecule has 2 atom stereocenters. The number of rotatable bonds is 5. The van der Waals surface area contributed by atoms with Crippen LogP contribution in [0.1, 0.15) is 36.2 Å². The molecule has 1 amide bonds. The van der Waals surface area contributed by atoms with E-state index >= 15 is 0 Å². The van der Waals surface area contributed by atoms with Crippen LogP contribution in [-0.2, 0) is 11.2 Å². The minimum atomic E-state index is -0.301. The Hall–Kier alpha value is -2.21. The van der Waals surface area contributed by atoms with Gasteiger partial charge in [0.15, 0.2) is 0 Å². The average Bonchev–Trinajstić information content (AvgIpc) is 3.12. The van der Waals surface area contributed by atoms with Crippen molar-refractivity contribution in [3.63, 3.8) is 0 Å². The normalized spacial score (nSPS) is 20.0. The summed E-state index contributed by atoms with van der Waals surface area (Å²) >= 11 is 0. The molecule has 2 unspecified atom stereocenters. The molecule has 0 bridgehead atoms. The Kier molecular flexibility index (Phi) is 5.18. The first-order valence-corrected chi connectivity index (χ1v) is 8.71. The molecule has 0 radical (unpaired) electrons. The molecule has 1 aliphatic rings. The van der Waals surface area contributed by atoms with Crippen LogP contribution in [0.3, 0.4) is 0 Å². The van der Waals surface area contributed by atoms with Crippen LogP contribution < -0.4 is 5.32 Å². The van der Waals surface area contributed by atoms with E-state index in [1.54, 1.807) is 16.8 Å². The van der Waals surface area contributed by atoms with E-state index in [0.29, 0.717) is 6.54 Å². The Balaban J connectivity index is 1.68. The van der Waals surface area contributed by atoms with Crippen molar-refractivity contribution in [2.24, 2.45) is 5.92 Å². The number of carbonyl (C=O) groups is 1. The van der Waals surface area contributed by atoms with Crippen molar-refractivity contribution in [1.82, 2.24) is 15.1 Å².